The van der Waals surface area contributed by atoms with Gasteiger partial charge in [-0.25, -0.2) is 4.79 Å². The van der Waals surface area contributed by atoms with Crippen LogP contribution < -0.4 is 16.3 Å². The molecule has 31 heavy (non-hydrogen) atoms. The van der Waals surface area contributed by atoms with Gasteiger partial charge in [-0.3, -0.25) is 4.79 Å². The summed E-state index contributed by atoms with van der Waals surface area (Å²) in [4.78, 5) is 25.6. The number of benzene rings is 1. The molecular weight excluding hydrogens is 392 g/mol. The molecule has 166 valence electrons. The molecule has 1 aliphatic heterocycles. The zero-order valence-corrected chi connectivity index (χ0v) is 19.6. The molecule has 0 saturated carbocycles. The van der Waals surface area contributed by atoms with Crippen LogP contribution in [0.4, 0.5) is 0 Å². The molecule has 2 aromatic heterocycles. The van der Waals surface area contributed by atoms with E-state index in [-0.39, 0.29) is 29.4 Å². The highest BCUT2D eigenvalue weighted by molar-refractivity contribution is 5.97. The number of amides is 1. The predicted octanol–water partition coefficient (Wildman–Crippen LogP) is 3.41. The van der Waals surface area contributed by atoms with E-state index >= 15 is 0 Å². The molecule has 1 aromatic carbocycles. The molecule has 0 aliphatic carbocycles. The lowest BCUT2D eigenvalue weighted by Gasteiger charge is -2.43. The number of furan rings is 1. The number of hydrogen-bond acceptors (Lipinski definition) is 4. The summed E-state index contributed by atoms with van der Waals surface area (Å²) < 4.78 is 11.4. The van der Waals surface area contributed by atoms with Crippen LogP contribution in [0.25, 0.3) is 21.9 Å². The number of nitrogens with one attached hydrogen (secondary N) is 1. The van der Waals surface area contributed by atoms with Crippen LogP contribution >= 0.6 is 0 Å². The molecule has 0 radical (unpaired) electrons. The Balaban J connectivity index is 1.63. The molecule has 1 amide bonds. The van der Waals surface area contributed by atoms with Gasteiger partial charge in [0.15, 0.2) is 0 Å². The summed E-state index contributed by atoms with van der Waals surface area (Å²) in [5.74, 6) is 0.713. The smallest absolute Gasteiger partial charge is 0.340 e. The van der Waals surface area contributed by atoms with E-state index in [9.17, 15) is 9.59 Å². The Labute approximate surface area is 182 Å². The van der Waals surface area contributed by atoms with Crippen LogP contribution in [-0.2, 0) is 11.2 Å². The quantitative estimate of drug-likeness (QED) is 0.630. The van der Waals surface area contributed by atoms with Gasteiger partial charge in [-0.15, -0.1) is 0 Å². The highest BCUT2D eigenvalue weighted by Gasteiger charge is 2.42. The number of rotatable bonds is 3. The number of carbonyl (C=O) groups excluding carboxylic acids is 1. The number of hydrogen-bond donors (Lipinski definition) is 2. The van der Waals surface area contributed by atoms with Crippen LogP contribution in [0.2, 0.25) is 0 Å². The van der Waals surface area contributed by atoms with Gasteiger partial charge in [0.2, 0.25) is 5.91 Å². The maximum Gasteiger partial charge on any atom is 0.340 e. The van der Waals surface area contributed by atoms with Gasteiger partial charge in [-0.1, -0.05) is 0 Å². The molecule has 0 spiro atoms. The third kappa shape index (κ3) is 4.13. The molecule has 6 nitrogen and oxygen atoms in total. The van der Waals surface area contributed by atoms with Crippen molar-refractivity contribution in [2.45, 2.75) is 84.8 Å². The van der Waals surface area contributed by atoms with Crippen LogP contribution in [0.1, 0.15) is 63.0 Å². The Bertz CT molecular complexity index is 1230. The van der Waals surface area contributed by atoms with E-state index in [1.807, 2.05) is 26.8 Å². The second kappa shape index (κ2) is 7.23. The van der Waals surface area contributed by atoms with Gasteiger partial charge in [0.1, 0.15) is 16.9 Å². The second-order valence-electron chi connectivity index (χ2n) is 10.6. The zero-order chi connectivity index (χ0) is 22.7. The van der Waals surface area contributed by atoms with Crippen molar-refractivity contribution in [3.63, 3.8) is 0 Å². The third-order valence-corrected chi connectivity index (χ3v) is 6.61. The fourth-order valence-corrected chi connectivity index (χ4v) is 5.49. The number of quaternary nitrogens is 1. The maximum atomic E-state index is 12.9. The SMILES string of the molecule is Cc1oc2cc3oc(=O)c(CC(=O)NC4CC(C)(C)[NH2+]C(C)(C)C4)c(C)c3cc2c1C. The first kappa shape index (κ1) is 21.6. The van der Waals surface area contributed by atoms with E-state index < -0.39 is 5.63 Å². The summed E-state index contributed by atoms with van der Waals surface area (Å²) in [7, 11) is 0. The van der Waals surface area contributed by atoms with E-state index in [0.29, 0.717) is 16.7 Å². The van der Waals surface area contributed by atoms with Crippen molar-refractivity contribution in [2.75, 3.05) is 0 Å². The molecular formula is C25H33N2O4+. The lowest BCUT2D eigenvalue weighted by atomic mass is 9.79. The minimum Gasteiger partial charge on any atom is -0.461 e. The average Bonchev–Trinajstić information content (AvgIpc) is 2.88. The maximum absolute atomic E-state index is 12.9. The Morgan fingerprint density at radius 1 is 1.00 bits per heavy atom. The number of carbonyl (C=O) groups is 1. The standard InChI is InChI=1S/C25H32N2O4/c1-13-15(3)30-20-10-21-18(8-17(13)20)14(2)19(23(29)31-21)9-22(28)26-16-11-24(4,5)27-25(6,7)12-16/h8,10,16,27H,9,11-12H2,1-7H3,(H,26,28)/p+1. The Morgan fingerprint density at radius 2 is 1.58 bits per heavy atom. The Kier molecular flexibility index (Phi) is 5.04. The monoisotopic (exact) mass is 425 g/mol. The largest absolute Gasteiger partial charge is 0.461 e. The number of piperidine rings is 1. The van der Waals surface area contributed by atoms with Crippen LogP contribution in [0.5, 0.6) is 0 Å². The molecule has 3 aromatic rings. The van der Waals surface area contributed by atoms with Crippen molar-refractivity contribution in [2.24, 2.45) is 0 Å². The lowest BCUT2D eigenvalue weighted by Crippen LogP contribution is -3.06. The van der Waals surface area contributed by atoms with Gasteiger partial charge >= 0.3 is 5.63 Å². The first-order valence-corrected chi connectivity index (χ1v) is 11.0. The van der Waals surface area contributed by atoms with Crippen LogP contribution in [-0.4, -0.2) is 23.0 Å². The first-order chi connectivity index (χ1) is 14.3. The average molecular weight is 426 g/mol. The number of fused-ring (bicyclic) bond motifs is 2. The van der Waals surface area contributed by atoms with Crippen LogP contribution in [0, 0.1) is 20.8 Å². The van der Waals surface area contributed by atoms with Gasteiger partial charge in [0.05, 0.1) is 23.1 Å². The molecule has 6 heteroatoms. The topological polar surface area (TPSA) is 89.1 Å². The second-order valence-corrected chi connectivity index (χ2v) is 10.6. The molecule has 4 rings (SSSR count). The van der Waals surface area contributed by atoms with Crippen molar-refractivity contribution in [3.05, 3.63) is 45.0 Å². The highest BCUT2D eigenvalue weighted by Crippen LogP contribution is 2.31. The van der Waals surface area contributed by atoms with Crippen molar-refractivity contribution in [3.8, 4) is 0 Å². The third-order valence-electron chi connectivity index (χ3n) is 6.61. The summed E-state index contributed by atoms with van der Waals surface area (Å²) in [5.41, 5.74) is 3.13. The molecule has 0 atom stereocenters. The van der Waals surface area contributed by atoms with E-state index in [2.05, 4.69) is 38.3 Å². The fourth-order valence-electron chi connectivity index (χ4n) is 5.49. The highest BCUT2D eigenvalue weighted by atomic mass is 16.4. The van der Waals surface area contributed by atoms with Crippen molar-refractivity contribution in [1.82, 2.24) is 5.32 Å². The van der Waals surface area contributed by atoms with Gasteiger partial charge in [-0.05, 0) is 65.7 Å². The summed E-state index contributed by atoms with van der Waals surface area (Å²) >= 11 is 0. The molecule has 3 heterocycles. The summed E-state index contributed by atoms with van der Waals surface area (Å²) in [6.07, 6.45) is 1.81. The molecule has 3 N–H and O–H groups in total. The fraction of sp³-hybridized carbons (Fsp3) is 0.520. The van der Waals surface area contributed by atoms with Crippen LogP contribution in [0.15, 0.2) is 25.8 Å². The molecule has 0 unspecified atom stereocenters. The molecule has 0 bridgehead atoms. The van der Waals surface area contributed by atoms with Gasteiger partial charge in [-0.2, -0.15) is 0 Å². The van der Waals surface area contributed by atoms with E-state index in [0.717, 1.165) is 40.5 Å². The normalized spacial score (nSPS) is 18.5. The van der Waals surface area contributed by atoms with E-state index in [4.69, 9.17) is 8.83 Å². The minimum absolute atomic E-state index is 0.0204. The van der Waals surface area contributed by atoms with Crippen molar-refractivity contribution < 1.29 is 18.9 Å². The van der Waals surface area contributed by atoms with Crippen molar-refractivity contribution >= 4 is 27.8 Å². The Hall–Kier alpha value is -2.60. The summed E-state index contributed by atoms with van der Waals surface area (Å²) in [6, 6.07) is 3.86. The Morgan fingerprint density at radius 3 is 2.23 bits per heavy atom. The number of aryl methyl sites for hydroxylation is 3. The van der Waals surface area contributed by atoms with Crippen molar-refractivity contribution in [1.29, 1.82) is 0 Å². The lowest BCUT2D eigenvalue weighted by molar-refractivity contribution is -0.787. The van der Waals surface area contributed by atoms with Crippen LogP contribution in [0.3, 0.4) is 0 Å². The number of nitrogens with two attached hydrogens (primary N) is 1. The molecule has 1 saturated heterocycles. The predicted molar refractivity (Wildman–Crippen MR) is 121 cm³/mol. The molecule has 1 aliphatic rings. The minimum atomic E-state index is -0.461. The van der Waals surface area contributed by atoms with E-state index in [1.54, 1.807) is 6.07 Å². The first-order valence-electron chi connectivity index (χ1n) is 11.0. The summed E-state index contributed by atoms with van der Waals surface area (Å²) in [5, 5.41) is 7.39. The van der Waals surface area contributed by atoms with E-state index in [1.165, 1.54) is 0 Å². The zero-order valence-electron chi connectivity index (χ0n) is 19.6. The van der Waals surface area contributed by atoms with Gasteiger partial charge < -0.3 is 19.5 Å². The summed E-state index contributed by atoms with van der Waals surface area (Å²) in [6.45, 7) is 14.6. The molecule has 1 fully saturated rings. The van der Waals surface area contributed by atoms with Gasteiger partial charge in [0, 0.05) is 35.7 Å². The van der Waals surface area contributed by atoms with Gasteiger partial charge in [0.25, 0.3) is 0 Å².